The maximum Gasteiger partial charge on any atom is 0.130 e. The molecule has 90 valence electrons. The molecule has 0 radical (unpaired) electrons. The number of anilines is 1. The highest BCUT2D eigenvalue weighted by molar-refractivity contribution is 6.31. The lowest BCUT2D eigenvalue weighted by molar-refractivity contribution is 0.523. The molecule has 3 heteroatoms. The van der Waals surface area contributed by atoms with Gasteiger partial charge in [-0.3, -0.25) is 0 Å². The number of rotatable bonds is 2. The summed E-state index contributed by atoms with van der Waals surface area (Å²) in [6, 6.07) is 3.38. The van der Waals surface area contributed by atoms with Crippen molar-refractivity contribution in [2.75, 3.05) is 18.5 Å². The van der Waals surface area contributed by atoms with Crippen LogP contribution < -0.4 is 4.90 Å². The summed E-state index contributed by atoms with van der Waals surface area (Å²) in [4.78, 5) is 1.96. The van der Waals surface area contributed by atoms with Crippen LogP contribution in [0, 0.1) is 5.82 Å². The minimum Gasteiger partial charge on any atom is -0.375 e. The summed E-state index contributed by atoms with van der Waals surface area (Å²) in [5.41, 5.74) is 1.13. The third kappa shape index (κ3) is 2.67. The van der Waals surface area contributed by atoms with Gasteiger partial charge in [0.25, 0.3) is 0 Å². The molecule has 0 aliphatic carbocycles. The van der Waals surface area contributed by atoms with Crippen LogP contribution in [-0.2, 0) is 5.41 Å². The molecule has 0 N–H and O–H groups in total. The Morgan fingerprint density at radius 3 is 2.25 bits per heavy atom. The van der Waals surface area contributed by atoms with Gasteiger partial charge in [0.2, 0.25) is 0 Å². The molecule has 0 amide bonds. The Balaban J connectivity index is 3.28. The van der Waals surface area contributed by atoms with E-state index in [1.165, 1.54) is 0 Å². The average molecular weight is 244 g/mol. The molecular weight excluding hydrogens is 225 g/mol. The first-order valence-corrected chi connectivity index (χ1v) is 5.85. The molecule has 1 rings (SSSR count). The van der Waals surface area contributed by atoms with Gasteiger partial charge in [-0.05, 0) is 24.5 Å². The van der Waals surface area contributed by atoms with Gasteiger partial charge in [-0.2, -0.15) is 0 Å². The first-order chi connectivity index (χ1) is 7.27. The fraction of sp³-hybridized carbons (Fsp3) is 0.538. The normalized spacial score (nSPS) is 11.7. The summed E-state index contributed by atoms with van der Waals surface area (Å²) in [6.45, 7) is 8.72. The second kappa shape index (κ2) is 4.62. The summed E-state index contributed by atoms with van der Waals surface area (Å²) in [6.07, 6.45) is 0. The molecule has 0 heterocycles. The number of nitrogens with zero attached hydrogens (tertiary/aromatic N) is 1. The highest BCUT2D eigenvalue weighted by atomic mass is 35.5. The van der Waals surface area contributed by atoms with Crippen LogP contribution in [0.4, 0.5) is 10.1 Å². The standard InChI is InChI=1S/C13H19ClFN/c1-6-16(5)9-7-10(14)12(11(15)8-9)13(2,3)4/h7-8H,6H2,1-5H3. The lowest BCUT2D eigenvalue weighted by Crippen LogP contribution is -2.19. The Morgan fingerprint density at radius 2 is 1.88 bits per heavy atom. The van der Waals surface area contributed by atoms with Gasteiger partial charge in [0, 0.05) is 29.9 Å². The van der Waals surface area contributed by atoms with Crippen LogP contribution >= 0.6 is 11.6 Å². The van der Waals surface area contributed by atoms with Crippen molar-refractivity contribution >= 4 is 17.3 Å². The Kier molecular flexibility index (Phi) is 3.84. The molecule has 0 spiro atoms. The van der Waals surface area contributed by atoms with Crippen molar-refractivity contribution in [2.45, 2.75) is 33.1 Å². The highest BCUT2D eigenvalue weighted by Crippen LogP contribution is 2.34. The smallest absolute Gasteiger partial charge is 0.130 e. The van der Waals surface area contributed by atoms with E-state index in [0.717, 1.165) is 12.2 Å². The van der Waals surface area contributed by atoms with Crippen molar-refractivity contribution in [1.82, 2.24) is 0 Å². The topological polar surface area (TPSA) is 3.24 Å². The zero-order chi connectivity index (χ0) is 12.5. The molecule has 0 bridgehead atoms. The Morgan fingerprint density at radius 1 is 1.31 bits per heavy atom. The van der Waals surface area contributed by atoms with E-state index in [9.17, 15) is 4.39 Å². The molecule has 0 saturated heterocycles. The van der Waals surface area contributed by atoms with Crippen molar-refractivity contribution < 1.29 is 4.39 Å². The van der Waals surface area contributed by atoms with E-state index in [1.54, 1.807) is 6.07 Å². The van der Waals surface area contributed by atoms with Gasteiger partial charge < -0.3 is 4.90 Å². The lowest BCUT2D eigenvalue weighted by atomic mass is 9.86. The summed E-state index contributed by atoms with van der Waals surface area (Å²) >= 11 is 6.15. The molecule has 0 aromatic heterocycles. The van der Waals surface area contributed by atoms with E-state index in [1.807, 2.05) is 45.7 Å². The second-order valence-corrected chi connectivity index (χ2v) is 5.46. The molecular formula is C13H19ClFN. The Hall–Kier alpha value is -0.760. The first kappa shape index (κ1) is 13.3. The zero-order valence-corrected chi connectivity index (χ0v) is 11.3. The minimum atomic E-state index is -0.273. The molecule has 0 atom stereocenters. The number of hydrogen-bond acceptors (Lipinski definition) is 1. The molecule has 0 saturated carbocycles. The van der Waals surface area contributed by atoms with Crippen molar-refractivity contribution in [3.8, 4) is 0 Å². The third-order valence-electron chi connectivity index (χ3n) is 2.69. The minimum absolute atomic E-state index is 0.227. The Labute approximate surface area is 102 Å². The van der Waals surface area contributed by atoms with Crippen LogP contribution in [0.5, 0.6) is 0 Å². The van der Waals surface area contributed by atoms with Crippen LogP contribution in [0.25, 0.3) is 0 Å². The van der Waals surface area contributed by atoms with Gasteiger partial charge in [-0.1, -0.05) is 32.4 Å². The van der Waals surface area contributed by atoms with Gasteiger partial charge in [0.1, 0.15) is 5.82 Å². The van der Waals surface area contributed by atoms with Gasteiger partial charge in [0.05, 0.1) is 0 Å². The summed E-state index contributed by atoms with van der Waals surface area (Å²) in [7, 11) is 1.92. The van der Waals surface area contributed by atoms with E-state index < -0.39 is 0 Å². The fourth-order valence-corrected chi connectivity index (χ4v) is 2.16. The predicted molar refractivity (Wildman–Crippen MR) is 69.1 cm³/mol. The monoisotopic (exact) mass is 243 g/mol. The van der Waals surface area contributed by atoms with Gasteiger partial charge in [0.15, 0.2) is 0 Å². The largest absolute Gasteiger partial charge is 0.375 e. The summed E-state index contributed by atoms with van der Waals surface area (Å²) in [5, 5.41) is 0.503. The van der Waals surface area contributed by atoms with E-state index in [2.05, 4.69) is 0 Å². The molecule has 0 aliphatic heterocycles. The highest BCUT2D eigenvalue weighted by Gasteiger charge is 2.22. The molecule has 1 aromatic carbocycles. The van der Waals surface area contributed by atoms with E-state index in [-0.39, 0.29) is 11.2 Å². The van der Waals surface area contributed by atoms with Gasteiger partial charge in [-0.15, -0.1) is 0 Å². The van der Waals surface area contributed by atoms with Crippen molar-refractivity contribution in [3.63, 3.8) is 0 Å². The maximum atomic E-state index is 14.0. The van der Waals surface area contributed by atoms with Crippen molar-refractivity contribution in [3.05, 3.63) is 28.5 Å². The van der Waals surface area contributed by atoms with Gasteiger partial charge in [-0.25, -0.2) is 4.39 Å². The van der Waals surface area contributed by atoms with E-state index in [4.69, 9.17) is 11.6 Å². The van der Waals surface area contributed by atoms with Crippen LogP contribution in [0.15, 0.2) is 12.1 Å². The number of halogens is 2. The second-order valence-electron chi connectivity index (χ2n) is 5.05. The Bertz CT molecular complexity index is 359. The molecule has 0 fully saturated rings. The van der Waals surface area contributed by atoms with E-state index in [0.29, 0.717) is 10.6 Å². The van der Waals surface area contributed by atoms with Crippen LogP contribution in [-0.4, -0.2) is 13.6 Å². The van der Waals surface area contributed by atoms with Crippen molar-refractivity contribution in [1.29, 1.82) is 0 Å². The lowest BCUT2D eigenvalue weighted by Gasteiger charge is -2.24. The SMILES string of the molecule is CCN(C)c1cc(F)c(C(C)(C)C)c(Cl)c1. The molecule has 16 heavy (non-hydrogen) atoms. The van der Waals surface area contributed by atoms with Crippen LogP contribution in [0.2, 0.25) is 5.02 Å². The van der Waals surface area contributed by atoms with Crippen molar-refractivity contribution in [2.24, 2.45) is 0 Å². The fourth-order valence-electron chi connectivity index (χ4n) is 1.68. The maximum absolute atomic E-state index is 14.0. The summed E-state index contributed by atoms with van der Waals surface area (Å²) < 4.78 is 14.0. The zero-order valence-electron chi connectivity index (χ0n) is 10.6. The molecule has 1 aromatic rings. The predicted octanol–water partition coefficient (Wildman–Crippen LogP) is 4.23. The number of hydrogen-bond donors (Lipinski definition) is 0. The van der Waals surface area contributed by atoms with Crippen LogP contribution in [0.3, 0.4) is 0 Å². The number of benzene rings is 1. The van der Waals surface area contributed by atoms with Crippen LogP contribution in [0.1, 0.15) is 33.3 Å². The van der Waals surface area contributed by atoms with Gasteiger partial charge >= 0.3 is 0 Å². The first-order valence-electron chi connectivity index (χ1n) is 5.48. The van der Waals surface area contributed by atoms with E-state index >= 15 is 0 Å². The molecule has 0 aliphatic rings. The third-order valence-corrected chi connectivity index (χ3v) is 2.99. The quantitative estimate of drug-likeness (QED) is 0.751. The molecule has 1 nitrogen and oxygen atoms in total. The average Bonchev–Trinajstić information content (AvgIpc) is 2.13. The summed E-state index contributed by atoms with van der Waals surface area (Å²) in [5.74, 6) is -0.227. The molecule has 0 unspecified atom stereocenters.